The Balaban J connectivity index is 1.94. The van der Waals surface area contributed by atoms with Gasteiger partial charge in [-0.25, -0.2) is 9.37 Å². The monoisotopic (exact) mass is 247 g/mol. The van der Waals surface area contributed by atoms with Crippen LogP contribution in [-0.2, 0) is 13.1 Å². The number of benzene rings is 1. The van der Waals surface area contributed by atoms with Crippen molar-refractivity contribution in [2.45, 2.75) is 33.9 Å². The predicted octanol–water partition coefficient (Wildman–Crippen LogP) is 2.76. The molecule has 0 aliphatic carbocycles. The number of aromatic nitrogens is 2. The Hall–Kier alpha value is -1.68. The molecular formula is C14H18FN3. The van der Waals surface area contributed by atoms with Crippen molar-refractivity contribution in [3.8, 4) is 0 Å². The molecule has 0 bridgehead atoms. The second-order valence-corrected chi connectivity index (χ2v) is 4.64. The molecule has 1 aromatic carbocycles. The van der Waals surface area contributed by atoms with Crippen LogP contribution in [0.3, 0.4) is 0 Å². The van der Waals surface area contributed by atoms with Crippen LogP contribution in [0.15, 0.2) is 18.3 Å². The Morgan fingerprint density at radius 3 is 2.39 bits per heavy atom. The van der Waals surface area contributed by atoms with Crippen LogP contribution in [-0.4, -0.2) is 9.97 Å². The molecule has 1 aromatic heterocycles. The summed E-state index contributed by atoms with van der Waals surface area (Å²) >= 11 is 0. The molecule has 0 amide bonds. The average molecular weight is 247 g/mol. The number of halogens is 1. The highest BCUT2D eigenvalue weighted by Gasteiger charge is 2.04. The molecule has 4 heteroatoms. The lowest BCUT2D eigenvalue weighted by molar-refractivity contribution is 0.605. The van der Waals surface area contributed by atoms with Crippen molar-refractivity contribution >= 4 is 0 Å². The maximum Gasteiger partial charge on any atom is 0.129 e. The summed E-state index contributed by atoms with van der Waals surface area (Å²) in [6.45, 7) is 6.97. The van der Waals surface area contributed by atoms with Crippen molar-refractivity contribution in [3.63, 3.8) is 0 Å². The zero-order valence-corrected chi connectivity index (χ0v) is 11.0. The van der Waals surface area contributed by atoms with Gasteiger partial charge in [0.2, 0.25) is 0 Å². The van der Waals surface area contributed by atoms with Gasteiger partial charge in [-0.15, -0.1) is 0 Å². The van der Waals surface area contributed by atoms with Crippen LogP contribution in [0.25, 0.3) is 0 Å². The fraction of sp³-hybridized carbons (Fsp3) is 0.357. The van der Waals surface area contributed by atoms with Crippen LogP contribution in [0.5, 0.6) is 0 Å². The smallest absolute Gasteiger partial charge is 0.129 e. The SMILES string of the molecule is Cc1ncc(CNCc2cc(C)c(F)c(C)c2)[nH]1. The van der Waals surface area contributed by atoms with Gasteiger partial charge in [-0.2, -0.15) is 0 Å². The zero-order chi connectivity index (χ0) is 13.1. The molecule has 1 heterocycles. The van der Waals surface area contributed by atoms with Crippen LogP contribution in [0.4, 0.5) is 4.39 Å². The second kappa shape index (κ2) is 5.31. The van der Waals surface area contributed by atoms with Gasteiger partial charge in [-0.1, -0.05) is 12.1 Å². The summed E-state index contributed by atoms with van der Waals surface area (Å²) in [5.74, 6) is 0.809. The third-order valence-electron chi connectivity index (χ3n) is 2.90. The number of aromatic amines is 1. The highest BCUT2D eigenvalue weighted by Crippen LogP contribution is 2.14. The first-order valence-corrected chi connectivity index (χ1v) is 6.03. The summed E-state index contributed by atoms with van der Waals surface area (Å²) in [4.78, 5) is 7.30. The Bertz CT molecular complexity index is 523. The normalized spacial score (nSPS) is 10.9. The van der Waals surface area contributed by atoms with Gasteiger partial charge in [-0.05, 0) is 37.5 Å². The van der Waals surface area contributed by atoms with E-state index in [9.17, 15) is 4.39 Å². The molecule has 96 valence electrons. The van der Waals surface area contributed by atoms with E-state index in [1.807, 2.05) is 25.3 Å². The van der Waals surface area contributed by atoms with E-state index in [-0.39, 0.29) is 5.82 Å². The van der Waals surface area contributed by atoms with E-state index in [0.717, 1.165) is 30.2 Å². The second-order valence-electron chi connectivity index (χ2n) is 4.64. The molecule has 0 atom stereocenters. The van der Waals surface area contributed by atoms with Crippen molar-refractivity contribution in [2.24, 2.45) is 0 Å². The number of hydrogen-bond donors (Lipinski definition) is 2. The van der Waals surface area contributed by atoms with Crippen molar-refractivity contribution in [1.29, 1.82) is 0 Å². The average Bonchev–Trinajstić information content (AvgIpc) is 2.72. The number of H-pyrrole nitrogens is 1. The first kappa shape index (κ1) is 12.8. The molecule has 0 saturated carbocycles. The maximum atomic E-state index is 13.5. The summed E-state index contributed by atoms with van der Waals surface area (Å²) in [5.41, 5.74) is 3.55. The van der Waals surface area contributed by atoms with E-state index in [0.29, 0.717) is 11.1 Å². The Morgan fingerprint density at radius 1 is 1.17 bits per heavy atom. The molecular weight excluding hydrogens is 229 g/mol. The Morgan fingerprint density at radius 2 is 1.83 bits per heavy atom. The number of hydrogen-bond acceptors (Lipinski definition) is 2. The largest absolute Gasteiger partial charge is 0.345 e. The van der Waals surface area contributed by atoms with Gasteiger partial charge in [0.1, 0.15) is 11.6 Å². The Kier molecular flexibility index (Phi) is 3.77. The van der Waals surface area contributed by atoms with E-state index < -0.39 is 0 Å². The van der Waals surface area contributed by atoms with Gasteiger partial charge < -0.3 is 10.3 Å². The molecule has 0 aliphatic rings. The third kappa shape index (κ3) is 2.96. The van der Waals surface area contributed by atoms with Gasteiger partial charge in [0.05, 0.1) is 0 Å². The van der Waals surface area contributed by atoms with E-state index in [4.69, 9.17) is 0 Å². The number of imidazole rings is 1. The minimum absolute atomic E-state index is 0.108. The summed E-state index contributed by atoms with van der Waals surface area (Å²) in [6.07, 6.45) is 1.82. The minimum atomic E-state index is -0.108. The van der Waals surface area contributed by atoms with Crippen LogP contribution < -0.4 is 5.32 Å². The van der Waals surface area contributed by atoms with Gasteiger partial charge in [0, 0.05) is 25.0 Å². The van der Waals surface area contributed by atoms with Gasteiger partial charge in [0.25, 0.3) is 0 Å². The number of nitrogens with zero attached hydrogens (tertiary/aromatic N) is 1. The molecule has 3 nitrogen and oxygen atoms in total. The molecule has 0 aliphatic heterocycles. The van der Waals surface area contributed by atoms with E-state index in [1.165, 1.54) is 0 Å². The molecule has 2 rings (SSSR count). The summed E-state index contributed by atoms with van der Waals surface area (Å²) in [7, 11) is 0. The number of nitrogens with one attached hydrogen (secondary N) is 2. The predicted molar refractivity (Wildman–Crippen MR) is 69.7 cm³/mol. The lowest BCUT2D eigenvalue weighted by Crippen LogP contribution is -2.13. The van der Waals surface area contributed by atoms with Crippen LogP contribution >= 0.6 is 0 Å². The van der Waals surface area contributed by atoms with Crippen molar-refractivity contribution in [3.05, 3.63) is 52.4 Å². The van der Waals surface area contributed by atoms with Crippen LogP contribution in [0, 0.1) is 26.6 Å². The van der Waals surface area contributed by atoms with E-state index in [1.54, 1.807) is 13.8 Å². The van der Waals surface area contributed by atoms with Crippen LogP contribution in [0.2, 0.25) is 0 Å². The fourth-order valence-electron chi connectivity index (χ4n) is 2.04. The standard InChI is InChI=1S/C14H18FN3/c1-9-4-12(5-10(2)14(9)15)6-16-7-13-8-17-11(3)18-13/h4-5,8,16H,6-7H2,1-3H3,(H,17,18). The van der Waals surface area contributed by atoms with Gasteiger partial charge in [0.15, 0.2) is 0 Å². The summed E-state index contributed by atoms with van der Waals surface area (Å²) in [6, 6.07) is 3.76. The van der Waals surface area contributed by atoms with Crippen molar-refractivity contribution < 1.29 is 4.39 Å². The molecule has 2 aromatic rings. The summed E-state index contributed by atoms with van der Waals surface area (Å²) < 4.78 is 13.5. The molecule has 0 saturated heterocycles. The first-order chi connectivity index (χ1) is 8.56. The lowest BCUT2D eigenvalue weighted by Gasteiger charge is -2.07. The topological polar surface area (TPSA) is 40.7 Å². The van der Waals surface area contributed by atoms with Gasteiger partial charge in [-0.3, -0.25) is 0 Å². The van der Waals surface area contributed by atoms with Crippen LogP contribution in [0.1, 0.15) is 28.2 Å². The zero-order valence-electron chi connectivity index (χ0n) is 11.0. The van der Waals surface area contributed by atoms with Gasteiger partial charge >= 0.3 is 0 Å². The van der Waals surface area contributed by atoms with Crippen molar-refractivity contribution in [1.82, 2.24) is 15.3 Å². The first-order valence-electron chi connectivity index (χ1n) is 6.03. The third-order valence-corrected chi connectivity index (χ3v) is 2.90. The summed E-state index contributed by atoms with van der Waals surface area (Å²) in [5, 5.41) is 3.31. The van der Waals surface area contributed by atoms with Crippen molar-refractivity contribution in [2.75, 3.05) is 0 Å². The molecule has 2 N–H and O–H groups in total. The minimum Gasteiger partial charge on any atom is -0.345 e. The number of aryl methyl sites for hydroxylation is 3. The fourth-order valence-corrected chi connectivity index (χ4v) is 2.04. The molecule has 18 heavy (non-hydrogen) atoms. The highest BCUT2D eigenvalue weighted by atomic mass is 19.1. The highest BCUT2D eigenvalue weighted by molar-refractivity contribution is 5.30. The van der Waals surface area contributed by atoms with E-state index >= 15 is 0 Å². The molecule has 0 fully saturated rings. The quantitative estimate of drug-likeness (QED) is 0.872. The molecule has 0 spiro atoms. The molecule has 0 radical (unpaired) electrons. The van der Waals surface area contributed by atoms with E-state index in [2.05, 4.69) is 15.3 Å². The Labute approximate surface area is 106 Å². The maximum absolute atomic E-state index is 13.5. The lowest BCUT2D eigenvalue weighted by atomic mass is 10.1. The molecule has 0 unspecified atom stereocenters. The number of rotatable bonds is 4.